The molecule has 2 aromatic carbocycles. The summed E-state index contributed by atoms with van der Waals surface area (Å²) in [5.74, 6) is 1.00. The largest absolute Gasteiger partial charge is 0.491 e. The number of rotatable bonds is 8. The number of ether oxygens (including phenoxy) is 1. The van der Waals surface area contributed by atoms with Crippen LogP contribution in [0.2, 0.25) is 5.02 Å². The van der Waals surface area contributed by atoms with Crippen LogP contribution in [-0.2, 0) is 16.4 Å². The normalized spacial score (nSPS) is 19.6. The van der Waals surface area contributed by atoms with E-state index >= 15 is 0 Å². The smallest absolute Gasteiger partial charge is 0.151 e. The van der Waals surface area contributed by atoms with Crippen molar-refractivity contribution in [2.75, 3.05) is 24.7 Å². The Morgan fingerprint density at radius 3 is 2.64 bits per heavy atom. The van der Waals surface area contributed by atoms with Crippen LogP contribution in [0.1, 0.15) is 17.5 Å². The Balaban J connectivity index is 1.63. The third-order valence-electron chi connectivity index (χ3n) is 4.97. The summed E-state index contributed by atoms with van der Waals surface area (Å²) in [7, 11) is -3.00. The second kappa shape index (κ2) is 9.27. The highest BCUT2D eigenvalue weighted by molar-refractivity contribution is 7.91. The van der Waals surface area contributed by atoms with E-state index < -0.39 is 15.9 Å². The molecular weight excluding hydrogens is 398 g/mol. The molecule has 5 nitrogen and oxygen atoms in total. The molecule has 28 heavy (non-hydrogen) atoms. The molecule has 2 atom stereocenters. The van der Waals surface area contributed by atoms with E-state index in [9.17, 15) is 13.5 Å². The van der Waals surface area contributed by atoms with E-state index in [4.69, 9.17) is 16.3 Å². The zero-order chi connectivity index (χ0) is 20.1. The molecule has 3 rings (SSSR count). The molecule has 0 bridgehead atoms. The Labute approximate surface area is 171 Å². The topological polar surface area (TPSA) is 66.8 Å². The summed E-state index contributed by atoms with van der Waals surface area (Å²) in [5.41, 5.74) is 2.00. The average Bonchev–Trinajstić information content (AvgIpc) is 3.03. The van der Waals surface area contributed by atoms with Gasteiger partial charge in [-0.15, -0.1) is 0 Å². The van der Waals surface area contributed by atoms with Crippen LogP contribution >= 0.6 is 11.6 Å². The van der Waals surface area contributed by atoms with Crippen LogP contribution in [0.15, 0.2) is 48.5 Å². The van der Waals surface area contributed by atoms with Crippen LogP contribution in [0.25, 0.3) is 0 Å². The maximum atomic E-state index is 11.9. The molecule has 1 saturated heterocycles. The Bertz CT molecular complexity index is 889. The zero-order valence-electron chi connectivity index (χ0n) is 15.9. The lowest BCUT2D eigenvalue weighted by Gasteiger charge is -2.30. The standard InChI is InChI=1S/C21H26ClNO4S/c1-16-11-20(7-8-21(16)22)27-14-19(24)13-23(12-17-5-3-2-4-6-17)18-9-10-28(25,26)15-18/h2-8,11,18-19,24H,9-10,12-15H2,1H3. The van der Waals surface area contributed by atoms with Crippen molar-refractivity contribution in [3.8, 4) is 5.75 Å². The minimum atomic E-state index is -3.00. The van der Waals surface area contributed by atoms with Crippen LogP contribution in [-0.4, -0.2) is 55.2 Å². The molecule has 2 aromatic rings. The molecule has 1 aliphatic rings. The monoisotopic (exact) mass is 423 g/mol. The Hall–Kier alpha value is -1.60. The number of aliphatic hydroxyl groups excluding tert-OH is 1. The van der Waals surface area contributed by atoms with Gasteiger partial charge in [-0.25, -0.2) is 8.42 Å². The first-order valence-corrected chi connectivity index (χ1v) is 11.6. The van der Waals surface area contributed by atoms with Gasteiger partial charge in [-0.05, 0) is 42.7 Å². The second-order valence-electron chi connectivity index (χ2n) is 7.35. The predicted octanol–water partition coefficient (Wildman–Crippen LogP) is 3.08. The van der Waals surface area contributed by atoms with E-state index in [2.05, 4.69) is 4.90 Å². The SMILES string of the molecule is Cc1cc(OCC(O)CN(Cc2ccccc2)C2CCS(=O)(=O)C2)ccc1Cl. The zero-order valence-corrected chi connectivity index (χ0v) is 17.5. The molecule has 152 valence electrons. The number of hydrogen-bond acceptors (Lipinski definition) is 5. The number of halogens is 1. The van der Waals surface area contributed by atoms with Crippen molar-refractivity contribution in [3.05, 3.63) is 64.7 Å². The first kappa shape index (κ1) is 21.1. The highest BCUT2D eigenvalue weighted by atomic mass is 35.5. The molecule has 7 heteroatoms. The van der Waals surface area contributed by atoms with Gasteiger partial charge in [0.2, 0.25) is 0 Å². The Kier molecular flexibility index (Phi) is 6.99. The van der Waals surface area contributed by atoms with Crippen molar-refractivity contribution in [1.82, 2.24) is 4.90 Å². The van der Waals surface area contributed by atoms with Crippen molar-refractivity contribution in [1.29, 1.82) is 0 Å². The summed E-state index contributed by atoms with van der Waals surface area (Å²) in [6.45, 7) is 2.97. The fourth-order valence-electron chi connectivity index (χ4n) is 3.45. The summed E-state index contributed by atoms with van der Waals surface area (Å²) in [4.78, 5) is 2.06. The van der Waals surface area contributed by atoms with Gasteiger partial charge in [0, 0.05) is 24.2 Å². The molecule has 0 amide bonds. The molecule has 2 unspecified atom stereocenters. The van der Waals surface area contributed by atoms with Gasteiger partial charge in [-0.2, -0.15) is 0 Å². The molecule has 0 radical (unpaired) electrons. The van der Waals surface area contributed by atoms with E-state index in [0.717, 1.165) is 11.1 Å². The van der Waals surface area contributed by atoms with Crippen LogP contribution in [0, 0.1) is 6.92 Å². The maximum Gasteiger partial charge on any atom is 0.151 e. The van der Waals surface area contributed by atoms with Gasteiger partial charge in [0.05, 0.1) is 11.5 Å². The number of aliphatic hydroxyl groups is 1. The average molecular weight is 424 g/mol. The molecule has 1 N–H and O–H groups in total. The lowest BCUT2D eigenvalue weighted by atomic mass is 10.1. The molecule has 0 saturated carbocycles. The summed E-state index contributed by atoms with van der Waals surface area (Å²) in [6.07, 6.45) is -0.137. The summed E-state index contributed by atoms with van der Waals surface area (Å²) in [5, 5.41) is 11.2. The van der Waals surface area contributed by atoms with Crippen molar-refractivity contribution in [3.63, 3.8) is 0 Å². The fourth-order valence-corrected chi connectivity index (χ4v) is 5.33. The molecule has 0 aliphatic carbocycles. The van der Waals surface area contributed by atoms with Gasteiger partial charge >= 0.3 is 0 Å². The summed E-state index contributed by atoms with van der Waals surface area (Å²) in [6, 6.07) is 15.2. The molecule has 1 fully saturated rings. The van der Waals surface area contributed by atoms with Crippen molar-refractivity contribution in [2.45, 2.75) is 32.0 Å². The van der Waals surface area contributed by atoms with Gasteiger partial charge in [0.1, 0.15) is 18.5 Å². The number of hydrogen-bond donors (Lipinski definition) is 1. The number of nitrogens with zero attached hydrogens (tertiary/aromatic N) is 1. The highest BCUT2D eigenvalue weighted by Crippen LogP contribution is 2.22. The molecule has 1 aliphatic heterocycles. The number of sulfone groups is 1. The third-order valence-corrected chi connectivity index (χ3v) is 7.14. The van der Waals surface area contributed by atoms with Gasteiger partial charge in [-0.1, -0.05) is 41.9 Å². The van der Waals surface area contributed by atoms with Crippen molar-refractivity contribution >= 4 is 21.4 Å². The van der Waals surface area contributed by atoms with Crippen LogP contribution in [0.5, 0.6) is 5.75 Å². The Morgan fingerprint density at radius 1 is 1.25 bits per heavy atom. The van der Waals surface area contributed by atoms with E-state index in [1.165, 1.54) is 0 Å². The van der Waals surface area contributed by atoms with Crippen molar-refractivity contribution in [2.24, 2.45) is 0 Å². The van der Waals surface area contributed by atoms with E-state index in [-0.39, 0.29) is 24.2 Å². The number of aryl methyl sites for hydroxylation is 1. The van der Waals surface area contributed by atoms with Gasteiger partial charge in [0.15, 0.2) is 9.84 Å². The third kappa shape index (κ3) is 5.95. The number of benzene rings is 2. The van der Waals surface area contributed by atoms with Crippen LogP contribution < -0.4 is 4.74 Å². The lowest BCUT2D eigenvalue weighted by molar-refractivity contribution is 0.0524. The summed E-state index contributed by atoms with van der Waals surface area (Å²) >= 11 is 6.02. The fraction of sp³-hybridized carbons (Fsp3) is 0.429. The minimum Gasteiger partial charge on any atom is -0.491 e. The lowest BCUT2D eigenvalue weighted by Crippen LogP contribution is -2.42. The van der Waals surface area contributed by atoms with Gasteiger partial charge in [0.25, 0.3) is 0 Å². The second-order valence-corrected chi connectivity index (χ2v) is 9.98. The van der Waals surface area contributed by atoms with Crippen LogP contribution in [0.4, 0.5) is 0 Å². The molecular formula is C21H26ClNO4S. The Morgan fingerprint density at radius 2 is 2.00 bits per heavy atom. The molecule has 1 heterocycles. The van der Waals surface area contributed by atoms with E-state index in [1.54, 1.807) is 12.1 Å². The molecule has 0 spiro atoms. The molecule has 0 aromatic heterocycles. The quantitative estimate of drug-likeness (QED) is 0.706. The first-order chi connectivity index (χ1) is 13.3. The van der Waals surface area contributed by atoms with Crippen molar-refractivity contribution < 1.29 is 18.3 Å². The maximum absolute atomic E-state index is 11.9. The predicted molar refractivity (Wildman–Crippen MR) is 112 cm³/mol. The minimum absolute atomic E-state index is 0.0855. The van der Waals surface area contributed by atoms with Gasteiger partial charge in [-0.3, -0.25) is 4.90 Å². The van der Waals surface area contributed by atoms with Crippen LogP contribution in [0.3, 0.4) is 0 Å². The van der Waals surface area contributed by atoms with E-state index in [1.807, 2.05) is 43.3 Å². The van der Waals surface area contributed by atoms with E-state index in [0.29, 0.717) is 30.3 Å². The highest BCUT2D eigenvalue weighted by Gasteiger charge is 2.33. The summed E-state index contributed by atoms with van der Waals surface area (Å²) < 4.78 is 29.6. The van der Waals surface area contributed by atoms with Gasteiger partial charge < -0.3 is 9.84 Å². The first-order valence-electron chi connectivity index (χ1n) is 9.38.